The normalized spacial score (nSPS) is 13.9. The number of hydrogen-bond donors (Lipinski definition) is 1. The summed E-state index contributed by atoms with van der Waals surface area (Å²) in [5.74, 6) is 0.930. The van der Waals surface area contributed by atoms with E-state index in [0.29, 0.717) is 49.2 Å². The highest BCUT2D eigenvalue weighted by molar-refractivity contribution is 5.99. The summed E-state index contributed by atoms with van der Waals surface area (Å²) in [6.45, 7) is 8.01. The van der Waals surface area contributed by atoms with Gasteiger partial charge in [0.1, 0.15) is 17.1 Å². The van der Waals surface area contributed by atoms with E-state index in [1.54, 1.807) is 48.3 Å². The molecule has 0 saturated carbocycles. The highest BCUT2D eigenvalue weighted by atomic mass is 16.6. The summed E-state index contributed by atoms with van der Waals surface area (Å²) in [5, 5.41) is 0. The van der Waals surface area contributed by atoms with Gasteiger partial charge in [0.05, 0.1) is 17.8 Å². The maximum atomic E-state index is 12.1. The van der Waals surface area contributed by atoms with Crippen LogP contribution in [0.5, 0.6) is 11.5 Å². The van der Waals surface area contributed by atoms with Crippen molar-refractivity contribution < 1.29 is 38.1 Å². The first-order valence-corrected chi connectivity index (χ1v) is 13.6. The van der Waals surface area contributed by atoms with Crippen LogP contribution in [0.3, 0.4) is 0 Å². The second-order valence-corrected chi connectivity index (χ2v) is 10.7. The van der Waals surface area contributed by atoms with Crippen LogP contribution in [-0.4, -0.2) is 77.1 Å². The van der Waals surface area contributed by atoms with E-state index in [9.17, 15) is 14.4 Å². The van der Waals surface area contributed by atoms with Crippen LogP contribution in [-0.2, 0) is 35.0 Å². The number of ether oxygens (including phenoxy) is 5. The molecule has 11 nitrogen and oxygen atoms in total. The summed E-state index contributed by atoms with van der Waals surface area (Å²) in [5.41, 5.74) is 8.07. The van der Waals surface area contributed by atoms with Gasteiger partial charge < -0.3 is 39.2 Å². The lowest BCUT2D eigenvalue weighted by molar-refractivity contribution is -0.153. The molecule has 2 N–H and O–H groups in total. The molecule has 2 aromatic rings. The molecule has 0 atom stereocenters. The first kappa shape index (κ1) is 34.4. The van der Waals surface area contributed by atoms with E-state index in [2.05, 4.69) is 0 Å². The summed E-state index contributed by atoms with van der Waals surface area (Å²) >= 11 is 0. The molecular weight excluding hydrogens is 542 g/mol. The van der Waals surface area contributed by atoms with Gasteiger partial charge in [0.15, 0.2) is 13.2 Å². The number of nitrogen functional groups attached to an aromatic ring is 1. The number of hydrogen-bond acceptors (Lipinski definition) is 9. The molecule has 2 aliphatic rings. The molecule has 0 saturated heterocycles. The predicted octanol–water partition coefficient (Wildman–Crippen LogP) is 4.00. The Morgan fingerprint density at radius 1 is 0.857 bits per heavy atom. The monoisotopic (exact) mass is 587 g/mol. The van der Waals surface area contributed by atoms with Gasteiger partial charge in [-0.1, -0.05) is 13.5 Å². The Balaban J connectivity index is 0.000000302. The topological polar surface area (TPSA) is 130 Å². The Labute approximate surface area is 248 Å². The lowest BCUT2D eigenvalue weighted by atomic mass is 10.1. The van der Waals surface area contributed by atoms with Gasteiger partial charge in [0.25, 0.3) is 11.8 Å². The first-order chi connectivity index (χ1) is 19.5. The molecule has 0 aliphatic carbocycles. The number of nitrogens with zero attached hydrogens (tertiary/aromatic N) is 2. The number of methoxy groups -OCH3 is 2. The molecule has 0 spiro atoms. The second kappa shape index (κ2) is 16.0. The van der Waals surface area contributed by atoms with Crippen molar-refractivity contribution in [3.05, 3.63) is 42.0 Å². The van der Waals surface area contributed by atoms with Crippen molar-refractivity contribution in [2.45, 2.75) is 53.1 Å². The fraction of sp³-hybridized carbons (Fsp3) is 0.516. The van der Waals surface area contributed by atoms with Gasteiger partial charge in [-0.3, -0.25) is 14.4 Å². The Bertz CT molecular complexity index is 1210. The SMILES string of the molecule is C.COCCCN1C(=O)COc2ccc(CC(=O)OC(C)(C)C)cc21.COCCCN1C(=O)COc2ccc(N)cc21. The van der Waals surface area contributed by atoms with Crippen LogP contribution in [0.15, 0.2) is 36.4 Å². The molecule has 2 heterocycles. The summed E-state index contributed by atoms with van der Waals surface area (Å²) in [7, 11) is 3.28. The minimum atomic E-state index is -0.517. The quantitative estimate of drug-likeness (QED) is 0.249. The largest absolute Gasteiger partial charge is 0.482 e. The highest BCUT2D eigenvalue weighted by Crippen LogP contribution is 2.34. The van der Waals surface area contributed by atoms with Crippen molar-refractivity contribution >= 4 is 34.8 Å². The van der Waals surface area contributed by atoms with Gasteiger partial charge >= 0.3 is 5.97 Å². The summed E-state index contributed by atoms with van der Waals surface area (Å²) < 4.78 is 26.2. The van der Waals surface area contributed by atoms with Crippen molar-refractivity contribution in [1.82, 2.24) is 0 Å². The standard InChI is InChI=1S/C18H25NO5.C12H16N2O3.CH4/c1-18(2,3)24-17(21)11-13-6-7-15-14(10-13)19(8-5-9-22-4)16(20)12-23-15;1-16-6-2-5-14-10-7-9(13)3-4-11(10)17-8-12(14)15;/h6-7,10H,5,8-9,11-12H2,1-4H3;3-4,7H,2,5-6,8,13H2,1H3;1H4. The van der Waals surface area contributed by atoms with E-state index < -0.39 is 5.60 Å². The highest BCUT2D eigenvalue weighted by Gasteiger charge is 2.27. The van der Waals surface area contributed by atoms with Crippen LogP contribution in [0, 0.1) is 0 Å². The van der Waals surface area contributed by atoms with Gasteiger partial charge in [0.2, 0.25) is 0 Å². The molecule has 232 valence electrons. The molecule has 0 unspecified atom stereocenters. The molecule has 2 aliphatic heterocycles. The van der Waals surface area contributed by atoms with Crippen LogP contribution in [0.25, 0.3) is 0 Å². The van der Waals surface area contributed by atoms with Gasteiger partial charge in [-0.25, -0.2) is 0 Å². The fourth-order valence-corrected chi connectivity index (χ4v) is 4.35. The molecule has 2 aromatic carbocycles. The average molecular weight is 588 g/mol. The van der Waals surface area contributed by atoms with Crippen molar-refractivity contribution in [3.63, 3.8) is 0 Å². The smallest absolute Gasteiger partial charge is 0.310 e. The zero-order chi connectivity index (χ0) is 30.0. The number of fused-ring (bicyclic) bond motifs is 2. The predicted molar refractivity (Wildman–Crippen MR) is 162 cm³/mol. The third kappa shape index (κ3) is 9.92. The molecule has 2 amide bonds. The van der Waals surface area contributed by atoms with Gasteiger partial charge in [-0.15, -0.1) is 0 Å². The molecule has 0 fully saturated rings. The van der Waals surface area contributed by atoms with Crippen LogP contribution < -0.4 is 25.0 Å². The van der Waals surface area contributed by atoms with Crippen LogP contribution in [0.4, 0.5) is 17.1 Å². The van der Waals surface area contributed by atoms with E-state index >= 15 is 0 Å². The molecule has 0 bridgehead atoms. The molecule has 11 heteroatoms. The summed E-state index contributed by atoms with van der Waals surface area (Å²) in [6.07, 6.45) is 1.68. The number of carbonyl (C=O) groups excluding carboxylic acids is 3. The zero-order valence-electron chi connectivity index (χ0n) is 24.6. The summed E-state index contributed by atoms with van der Waals surface area (Å²) in [6, 6.07) is 10.8. The Morgan fingerprint density at radius 2 is 1.36 bits per heavy atom. The van der Waals surface area contributed by atoms with E-state index in [1.807, 2.05) is 32.9 Å². The van der Waals surface area contributed by atoms with Crippen LogP contribution in [0.2, 0.25) is 0 Å². The zero-order valence-corrected chi connectivity index (χ0v) is 24.6. The molecule has 4 rings (SSSR count). The van der Waals surface area contributed by atoms with Crippen molar-refractivity contribution in [3.8, 4) is 11.5 Å². The van der Waals surface area contributed by atoms with E-state index in [-0.39, 0.29) is 44.8 Å². The third-order valence-corrected chi connectivity index (χ3v) is 6.12. The van der Waals surface area contributed by atoms with Crippen molar-refractivity contribution in [2.24, 2.45) is 0 Å². The molecule has 0 radical (unpaired) electrons. The minimum Gasteiger partial charge on any atom is -0.482 e. The number of amides is 2. The Kier molecular flexibility index (Phi) is 13.1. The van der Waals surface area contributed by atoms with E-state index in [1.165, 1.54) is 0 Å². The lowest BCUT2D eigenvalue weighted by Gasteiger charge is -2.30. The van der Waals surface area contributed by atoms with E-state index in [4.69, 9.17) is 29.4 Å². The number of anilines is 3. The second-order valence-electron chi connectivity index (χ2n) is 10.7. The number of esters is 1. The number of carbonyl (C=O) groups is 3. The third-order valence-electron chi connectivity index (χ3n) is 6.12. The minimum absolute atomic E-state index is 0. The summed E-state index contributed by atoms with van der Waals surface area (Å²) in [4.78, 5) is 39.3. The maximum absolute atomic E-state index is 12.1. The van der Waals surface area contributed by atoms with Crippen molar-refractivity contribution in [2.75, 3.05) is 69.3 Å². The van der Waals surface area contributed by atoms with Gasteiger partial charge in [-0.2, -0.15) is 0 Å². The Morgan fingerprint density at radius 3 is 1.86 bits per heavy atom. The van der Waals surface area contributed by atoms with Gasteiger partial charge in [-0.05, 0) is 69.5 Å². The average Bonchev–Trinajstić information content (AvgIpc) is 2.90. The van der Waals surface area contributed by atoms with Crippen LogP contribution >= 0.6 is 0 Å². The number of nitrogens with two attached hydrogens (primary N) is 1. The number of benzene rings is 2. The first-order valence-electron chi connectivity index (χ1n) is 13.6. The van der Waals surface area contributed by atoms with Crippen molar-refractivity contribution in [1.29, 1.82) is 0 Å². The molecule has 42 heavy (non-hydrogen) atoms. The molecule has 0 aromatic heterocycles. The molecular formula is C31H45N3O8. The van der Waals surface area contributed by atoms with E-state index in [0.717, 1.165) is 24.1 Å². The van der Waals surface area contributed by atoms with Crippen LogP contribution in [0.1, 0.15) is 46.6 Å². The lowest BCUT2D eigenvalue weighted by Crippen LogP contribution is -2.39. The maximum Gasteiger partial charge on any atom is 0.310 e. The Hall–Kier alpha value is -3.83. The van der Waals surface area contributed by atoms with Gasteiger partial charge in [0, 0.05) is 46.2 Å². The number of rotatable bonds is 10. The fourth-order valence-electron chi connectivity index (χ4n) is 4.35.